The van der Waals surface area contributed by atoms with E-state index in [2.05, 4.69) is 26.1 Å². The second kappa shape index (κ2) is 8.81. The number of amides is 1. The Balaban J connectivity index is 2.12. The van der Waals surface area contributed by atoms with E-state index in [4.69, 9.17) is 0 Å². The van der Waals surface area contributed by atoms with Crippen LogP contribution in [0.1, 0.15) is 56.8 Å². The fourth-order valence-electron chi connectivity index (χ4n) is 3.43. The van der Waals surface area contributed by atoms with Crippen LogP contribution in [-0.2, 0) is 10.0 Å². The lowest BCUT2D eigenvalue weighted by molar-refractivity contribution is 0.0952. The zero-order valence-electron chi connectivity index (χ0n) is 15.5. The second-order valence-corrected chi connectivity index (χ2v) is 9.20. The van der Waals surface area contributed by atoms with Crippen molar-refractivity contribution in [2.45, 2.75) is 51.3 Å². The molecule has 6 heteroatoms. The molecular formula is C19H30N2O3S. The average Bonchev–Trinajstić information content (AvgIpc) is 2.58. The highest BCUT2D eigenvalue weighted by molar-refractivity contribution is 7.89. The zero-order valence-corrected chi connectivity index (χ0v) is 16.3. The van der Waals surface area contributed by atoms with Gasteiger partial charge in [-0.05, 0) is 42.9 Å². The minimum atomic E-state index is -3.56. The van der Waals surface area contributed by atoms with Gasteiger partial charge in [-0.3, -0.25) is 4.79 Å². The summed E-state index contributed by atoms with van der Waals surface area (Å²) in [4.78, 5) is 12.5. The summed E-state index contributed by atoms with van der Waals surface area (Å²) in [6, 6.07) is 6.38. The van der Waals surface area contributed by atoms with Crippen LogP contribution in [0.25, 0.3) is 0 Å². The van der Waals surface area contributed by atoms with Crippen molar-refractivity contribution in [3.8, 4) is 0 Å². The molecule has 1 aromatic rings. The van der Waals surface area contributed by atoms with Crippen LogP contribution in [0.3, 0.4) is 0 Å². The highest BCUT2D eigenvalue weighted by Gasteiger charge is 2.31. The van der Waals surface area contributed by atoms with Crippen LogP contribution in [0.5, 0.6) is 0 Å². The molecule has 1 N–H and O–H groups in total. The van der Waals surface area contributed by atoms with Crippen LogP contribution >= 0.6 is 0 Å². The Labute approximate surface area is 151 Å². The number of benzene rings is 1. The van der Waals surface area contributed by atoms with E-state index in [-0.39, 0.29) is 10.8 Å². The van der Waals surface area contributed by atoms with Gasteiger partial charge in [0.1, 0.15) is 0 Å². The number of rotatable bonds is 7. The maximum atomic E-state index is 12.9. The Morgan fingerprint density at radius 3 is 2.52 bits per heavy atom. The fraction of sp³-hybridized carbons (Fsp3) is 0.632. The molecule has 1 amide bonds. The van der Waals surface area contributed by atoms with E-state index in [1.165, 1.54) is 6.07 Å². The minimum absolute atomic E-state index is 0.204. The molecule has 0 saturated carbocycles. The summed E-state index contributed by atoms with van der Waals surface area (Å²) in [5.74, 6) is 0.487. The van der Waals surface area contributed by atoms with E-state index in [0.29, 0.717) is 37.0 Å². The number of carbonyl (C=O) groups excluding carboxylic acids is 1. The standard InChI is InChI=1S/C19H30N2O3S/c1-4-5-6-10-20-19(22)17-8-7-9-18(12-17)25(23,24)21-13-15(2)11-16(3)14-21/h7-9,12,15-16H,4-6,10-11,13-14H2,1-3H3,(H,20,22). The van der Waals surface area contributed by atoms with Crippen LogP contribution in [0.2, 0.25) is 0 Å². The van der Waals surface area contributed by atoms with Crippen molar-refractivity contribution < 1.29 is 13.2 Å². The van der Waals surface area contributed by atoms with E-state index in [1.54, 1.807) is 22.5 Å². The van der Waals surface area contributed by atoms with E-state index < -0.39 is 10.0 Å². The van der Waals surface area contributed by atoms with Crippen molar-refractivity contribution in [2.75, 3.05) is 19.6 Å². The quantitative estimate of drug-likeness (QED) is 0.753. The van der Waals surface area contributed by atoms with Gasteiger partial charge in [0.15, 0.2) is 0 Å². The van der Waals surface area contributed by atoms with E-state index in [1.807, 2.05) is 0 Å². The lowest BCUT2D eigenvalue weighted by Gasteiger charge is -2.34. The Kier molecular flexibility index (Phi) is 7.02. The van der Waals surface area contributed by atoms with Crippen molar-refractivity contribution in [1.29, 1.82) is 0 Å². The van der Waals surface area contributed by atoms with Crippen LogP contribution in [0, 0.1) is 11.8 Å². The van der Waals surface area contributed by atoms with Crippen LogP contribution in [-0.4, -0.2) is 38.3 Å². The van der Waals surface area contributed by atoms with Gasteiger partial charge in [0.2, 0.25) is 10.0 Å². The largest absolute Gasteiger partial charge is 0.352 e. The van der Waals surface area contributed by atoms with Gasteiger partial charge in [0.05, 0.1) is 4.90 Å². The molecule has 2 unspecified atom stereocenters. The predicted octanol–water partition coefficient (Wildman–Crippen LogP) is 3.27. The van der Waals surface area contributed by atoms with Crippen molar-refractivity contribution in [3.63, 3.8) is 0 Å². The summed E-state index contributed by atoms with van der Waals surface area (Å²) in [5.41, 5.74) is 0.399. The van der Waals surface area contributed by atoms with Crippen LogP contribution in [0.4, 0.5) is 0 Å². The molecule has 1 aliphatic rings. The first kappa shape index (κ1) is 19.9. The topological polar surface area (TPSA) is 66.5 Å². The van der Waals surface area contributed by atoms with Crippen molar-refractivity contribution in [3.05, 3.63) is 29.8 Å². The van der Waals surface area contributed by atoms with Gasteiger partial charge in [0, 0.05) is 25.2 Å². The summed E-state index contributed by atoms with van der Waals surface area (Å²) < 4.78 is 27.5. The van der Waals surface area contributed by atoms with Crippen molar-refractivity contribution >= 4 is 15.9 Å². The molecule has 1 aromatic carbocycles. The molecule has 0 radical (unpaired) electrons. The number of nitrogens with zero attached hydrogens (tertiary/aromatic N) is 1. The number of hydrogen-bond acceptors (Lipinski definition) is 3. The molecule has 0 aromatic heterocycles. The van der Waals surface area contributed by atoms with Gasteiger partial charge in [-0.25, -0.2) is 8.42 Å². The zero-order chi connectivity index (χ0) is 18.4. The van der Waals surface area contributed by atoms with Gasteiger partial charge in [-0.15, -0.1) is 0 Å². The molecule has 2 rings (SSSR count). The van der Waals surface area contributed by atoms with Gasteiger partial charge in [-0.2, -0.15) is 4.31 Å². The molecule has 1 saturated heterocycles. The number of carbonyl (C=O) groups is 1. The molecule has 1 heterocycles. The number of sulfonamides is 1. The highest BCUT2D eigenvalue weighted by atomic mass is 32.2. The lowest BCUT2D eigenvalue weighted by Crippen LogP contribution is -2.42. The first-order chi connectivity index (χ1) is 11.8. The minimum Gasteiger partial charge on any atom is -0.352 e. The van der Waals surface area contributed by atoms with Crippen LogP contribution < -0.4 is 5.32 Å². The number of piperidine rings is 1. The first-order valence-corrected chi connectivity index (χ1v) is 10.7. The SMILES string of the molecule is CCCCCNC(=O)c1cccc(S(=O)(=O)N2CC(C)CC(C)C2)c1. The monoisotopic (exact) mass is 366 g/mol. The Bertz CT molecular complexity index is 678. The molecule has 0 bridgehead atoms. The summed E-state index contributed by atoms with van der Waals surface area (Å²) in [5, 5.41) is 2.86. The van der Waals surface area contributed by atoms with Gasteiger partial charge in [-0.1, -0.05) is 39.7 Å². The molecule has 0 aliphatic carbocycles. The number of nitrogens with one attached hydrogen (secondary N) is 1. The Morgan fingerprint density at radius 1 is 1.20 bits per heavy atom. The maximum absolute atomic E-state index is 12.9. The smallest absolute Gasteiger partial charge is 0.251 e. The van der Waals surface area contributed by atoms with Crippen molar-refractivity contribution in [1.82, 2.24) is 9.62 Å². The molecule has 0 spiro atoms. The molecular weight excluding hydrogens is 336 g/mol. The molecule has 1 fully saturated rings. The number of hydrogen-bond donors (Lipinski definition) is 1. The highest BCUT2D eigenvalue weighted by Crippen LogP contribution is 2.27. The first-order valence-electron chi connectivity index (χ1n) is 9.23. The molecule has 5 nitrogen and oxygen atoms in total. The Hall–Kier alpha value is -1.40. The average molecular weight is 367 g/mol. The summed E-state index contributed by atoms with van der Waals surface area (Å²) in [7, 11) is -3.56. The third kappa shape index (κ3) is 5.28. The molecule has 1 aliphatic heterocycles. The Morgan fingerprint density at radius 2 is 1.88 bits per heavy atom. The van der Waals surface area contributed by atoms with E-state index in [9.17, 15) is 13.2 Å². The molecule has 2 atom stereocenters. The van der Waals surface area contributed by atoms with E-state index in [0.717, 1.165) is 25.7 Å². The molecule has 25 heavy (non-hydrogen) atoms. The van der Waals surface area contributed by atoms with Crippen LogP contribution in [0.15, 0.2) is 29.2 Å². The summed E-state index contributed by atoms with van der Waals surface area (Å²) >= 11 is 0. The third-order valence-corrected chi connectivity index (χ3v) is 6.46. The maximum Gasteiger partial charge on any atom is 0.251 e. The summed E-state index contributed by atoms with van der Waals surface area (Å²) in [6.45, 7) is 7.97. The molecule has 140 valence electrons. The third-order valence-electron chi connectivity index (χ3n) is 4.64. The summed E-state index contributed by atoms with van der Waals surface area (Å²) in [6.07, 6.45) is 4.15. The van der Waals surface area contributed by atoms with Crippen molar-refractivity contribution in [2.24, 2.45) is 11.8 Å². The second-order valence-electron chi connectivity index (χ2n) is 7.26. The van der Waals surface area contributed by atoms with Gasteiger partial charge < -0.3 is 5.32 Å². The normalized spacial score (nSPS) is 21.9. The van der Waals surface area contributed by atoms with E-state index >= 15 is 0 Å². The van der Waals surface area contributed by atoms with Gasteiger partial charge in [0.25, 0.3) is 5.91 Å². The lowest BCUT2D eigenvalue weighted by atomic mass is 9.94. The predicted molar refractivity (Wildman–Crippen MR) is 100 cm³/mol. The number of unbranched alkanes of at least 4 members (excludes halogenated alkanes) is 2. The van der Waals surface area contributed by atoms with Gasteiger partial charge >= 0.3 is 0 Å². The fourth-order valence-corrected chi connectivity index (χ4v) is 5.15.